The molecule has 0 saturated carbocycles. The SMILES string of the molecule is CCCN(C(=O)C(C)NC(=O)c1ccc(Cl)cc1)C1CCNC1. The number of benzene rings is 1. The Labute approximate surface area is 142 Å². The molecule has 1 aliphatic heterocycles. The zero-order valence-electron chi connectivity index (χ0n) is 13.6. The van der Waals surface area contributed by atoms with Crippen LogP contribution >= 0.6 is 11.6 Å². The Balaban J connectivity index is 1.99. The van der Waals surface area contributed by atoms with Crippen LogP contribution in [0.2, 0.25) is 5.02 Å². The van der Waals surface area contributed by atoms with Crippen LogP contribution in [0.25, 0.3) is 0 Å². The lowest BCUT2D eigenvalue weighted by atomic mass is 10.1. The summed E-state index contributed by atoms with van der Waals surface area (Å²) in [5.41, 5.74) is 0.499. The first-order chi connectivity index (χ1) is 11.0. The molecule has 0 radical (unpaired) electrons. The molecule has 23 heavy (non-hydrogen) atoms. The molecule has 2 N–H and O–H groups in total. The molecule has 0 aliphatic carbocycles. The van der Waals surface area contributed by atoms with E-state index in [1.54, 1.807) is 31.2 Å². The molecular weight excluding hydrogens is 314 g/mol. The maximum Gasteiger partial charge on any atom is 0.251 e. The highest BCUT2D eigenvalue weighted by Gasteiger charge is 2.29. The Morgan fingerprint density at radius 1 is 1.39 bits per heavy atom. The van der Waals surface area contributed by atoms with Crippen LogP contribution in [0.5, 0.6) is 0 Å². The number of carbonyl (C=O) groups excluding carboxylic acids is 2. The molecule has 1 heterocycles. The second-order valence-electron chi connectivity index (χ2n) is 5.88. The van der Waals surface area contributed by atoms with Crippen LogP contribution in [0, 0.1) is 0 Å². The number of hydrogen-bond donors (Lipinski definition) is 2. The van der Waals surface area contributed by atoms with Gasteiger partial charge >= 0.3 is 0 Å². The third-order valence-electron chi connectivity index (χ3n) is 4.05. The molecular formula is C17H24ClN3O2. The van der Waals surface area contributed by atoms with Gasteiger partial charge in [0.1, 0.15) is 6.04 Å². The summed E-state index contributed by atoms with van der Waals surface area (Å²) >= 11 is 5.82. The smallest absolute Gasteiger partial charge is 0.251 e. The number of hydrogen-bond acceptors (Lipinski definition) is 3. The topological polar surface area (TPSA) is 61.4 Å². The van der Waals surface area contributed by atoms with E-state index in [1.165, 1.54) is 0 Å². The zero-order valence-corrected chi connectivity index (χ0v) is 14.4. The fourth-order valence-corrected chi connectivity index (χ4v) is 2.94. The van der Waals surface area contributed by atoms with Crippen molar-refractivity contribution in [3.8, 4) is 0 Å². The third kappa shape index (κ3) is 4.69. The van der Waals surface area contributed by atoms with Gasteiger partial charge in [-0.05, 0) is 50.6 Å². The van der Waals surface area contributed by atoms with Crippen LogP contribution in [-0.4, -0.2) is 48.4 Å². The van der Waals surface area contributed by atoms with Gasteiger partial charge in [-0.15, -0.1) is 0 Å². The molecule has 1 saturated heterocycles. The minimum atomic E-state index is -0.551. The van der Waals surface area contributed by atoms with Gasteiger partial charge in [0.05, 0.1) is 0 Å². The highest BCUT2D eigenvalue weighted by atomic mass is 35.5. The van der Waals surface area contributed by atoms with Crippen LogP contribution in [0.4, 0.5) is 0 Å². The molecule has 126 valence electrons. The third-order valence-corrected chi connectivity index (χ3v) is 4.30. The van der Waals surface area contributed by atoms with Gasteiger partial charge in [-0.3, -0.25) is 9.59 Å². The molecule has 1 aliphatic rings. The summed E-state index contributed by atoms with van der Waals surface area (Å²) in [5, 5.41) is 6.64. The minimum Gasteiger partial charge on any atom is -0.341 e. The van der Waals surface area contributed by atoms with Gasteiger partial charge in [0.25, 0.3) is 5.91 Å². The van der Waals surface area contributed by atoms with E-state index in [-0.39, 0.29) is 17.9 Å². The summed E-state index contributed by atoms with van der Waals surface area (Å²) in [7, 11) is 0. The first-order valence-corrected chi connectivity index (χ1v) is 8.48. The fraction of sp³-hybridized carbons (Fsp3) is 0.529. The van der Waals surface area contributed by atoms with Gasteiger partial charge in [-0.2, -0.15) is 0 Å². The molecule has 2 rings (SSSR count). The quantitative estimate of drug-likeness (QED) is 0.835. The summed E-state index contributed by atoms with van der Waals surface area (Å²) in [6.45, 7) is 6.26. The van der Waals surface area contributed by atoms with Crippen LogP contribution in [0.1, 0.15) is 37.0 Å². The van der Waals surface area contributed by atoms with Gasteiger partial charge in [0.15, 0.2) is 0 Å². The largest absolute Gasteiger partial charge is 0.341 e. The lowest BCUT2D eigenvalue weighted by Gasteiger charge is -2.31. The Morgan fingerprint density at radius 3 is 2.65 bits per heavy atom. The average molecular weight is 338 g/mol. The van der Waals surface area contributed by atoms with Crippen molar-refractivity contribution in [1.82, 2.24) is 15.5 Å². The van der Waals surface area contributed by atoms with E-state index in [0.29, 0.717) is 17.1 Å². The first kappa shape index (κ1) is 17.8. The Hall–Kier alpha value is -1.59. The monoisotopic (exact) mass is 337 g/mol. The summed E-state index contributed by atoms with van der Waals surface area (Å²) < 4.78 is 0. The van der Waals surface area contributed by atoms with Gasteiger partial charge in [0.2, 0.25) is 5.91 Å². The van der Waals surface area contributed by atoms with Crippen molar-refractivity contribution in [3.05, 3.63) is 34.9 Å². The number of carbonyl (C=O) groups is 2. The summed E-state index contributed by atoms with van der Waals surface area (Å²) in [6.07, 6.45) is 1.86. The Bertz CT molecular complexity index is 541. The molecule has 0 bridgehead atoms. The second kappa shape index (κ2) is 8.31. The standard InChI is InChI=1S/C17H24ClN3O2/c1-3-10-21(15-8-9-19-11-15)17(23)12(2)20-16(22)13-4-6-14(18)7-5-13/h4-7,12,15,19H,3,8-11H2,1-2H3,(H,20,22). The van der Waals surface area contributed by atoms with Crippen LogP contribution in [0.3, 0.4) is 0 Å². The number of amides is 2. The van der Waals surface area contributed by atoms with Crippen LogP contribution < -0.4 is 10.6 Å². The minimum absolute atomic E-state index is 0.0251. The van der Waals surface area contributed by atoms with Crippen molar-refractivity contribution in [2.75, 3.05) is 19.6 Å². The van der Waals surface area contributed by atoms with Crippen molar-refractivity contribution in [2.24, 2.45) is 0 Å². The molecule has 1 aromatic carbocycles. The predicted octanol–water partition coefficient (Wildman–Crippen LogP) is 2.06. The van der Waals surface area contributed by atoms with Crippen molar-refractivity contribution in [3.63, 3.8) is 0 Å². The van der Waals surface area contributed by atoms with E-state index in [1.807, 2.05) is 4.90 Å². The molecule has 2 atom stereocenters. The second-order valence-corrected chi connectivity index (χ2v) is 6.32. The van der Waals surface area contributed by atoms with Crippen molar-refractivity contribution in [1.29, 1.82) is 0 Å². The molecule has 6 heteroatoms. The molecule has 5 nitrogen and oxygen atoms in total. The molecule has 0 spiro atoms. The van der Waals surface area contributed by atoms with E-state index in [0.717, 1.165) is 25.9 Å². The van der Waals surface area contributed by atoms with Gasteiger partial charge < -0.3 is 15.5 Å². The highest BCUT2D eigenvalue weighted by molar-refractivity contribution is 6.30. The van der Waals surface area contributed by atoms with Crippen LogP contribution in [-0.2, 0) is 4.79 Å². The van der Waals surface area contributed by atoms with Gasteiger partial charge in [-0.1, -0.05) is 18.5 Å². The molecule has 1 aromatic rings. The normalized spacial score (nSPS) is 18.5. The summed E-state index contributed by atoms with van der Waals surface area (Å²) in [4.78, 5) is 26.8. The van der Waals surface area contributed by atoms with Crippen LogP contribution in [0.15, 0.2) is 24.3 Å². The molecule has 1 fully saturated rings. The van der Waals surface area contributed by atoms with Crippen molar-refractivity contribution >= 4 is 23.4 Å². The van der Waals surface area contributed by atoms with E-state index in [4.69, 9.17) is 11.6 Å². The maximum atomic E-state index is 12.7. The lowest BCUT2D eigenvalue weighted by Crippen LogP contribution is -2.51. The Morgan fingerprint density at radius 2 is 2.09 bits per heavy atom. The molecule has 2 amide bonds. The first-order valence-electron chi connectivity index (χ1n) is 8.10. The number of rotatable bonds is 6. The maximum absolute atomic E-state index is 12.7. The Kier molecular flexibility index (Phi) is 6.42. The van der Waals surface area contributed by atoms with Crippen molar-refractivity contribution < 1.29 is 9.59 Å². The summed E-state index contributed by atoms with van der Waals surface area (Å²) in [5.74, 6) is -0.286. The van der Waals surface area contributed by atoms with Gasteiger partial charge in [0, 0.05) is 29.7 Å². The fourth-order valence-electron chi connectivity index (χ4n) is 2.81. The summed E-state index contributed by atoms with van der Waals surface area (Å²) in [6, 6.07) is 6.30. The van der Waals surface area contributed by atoms with E-state index in [2.05, 4.69) is 17.6 Å². The predicted molar refractivity (Wildman–Crippen MR) is 91.7 cm³/mol. The number of nitrogens with one attached hydrogen (secondary N) is 2. The average Bonchev–Trinajstić information content (AvgIpc) is 3.06. The van der Waals surface area contributed by atoms with Crippen molar-refractivity contribution in [2.45, 2.75) is 38.8 Å². The van der Waals surface area contributed by atoms with E-state index in [9.17, 15) is 9.59 Å². The zero-order chi connectivity index (χ0) is 16.8. The number of nitrogens with zero attached hydrogens (tertiary/aromatic N) is 1. The lowest BCUT2D eigenvalue weighted by molar-refractivity contribution is -0.134. The van der Waals surface area contributed by atoms with E-state index >= 15 is 0 Å². The molecule has 0 aromatic heterocycles. The molecule has 2 unspecified atom stereocenters. The van der Waals surface area contributed by atoms with Gasteiger partial charge in [-0.25, -0.2) is 0 Å². The van der Waals surface area contributed by atoms with E-state index < -0.39 is 6.04 Å². The number of halogens is 1. The highest BCUT2D eigenvalue weighted by Crippen LogP contribution is 2.12.